The normalized spacial score (nSPS) is 12.6. The van der Waals surface area contributed by atoms with Crippen LogP contribution in [0.15, 0.2) is 12.2 Å². The van der Waals surface area contributed by atoms with E-state index in [2.05, 4.69) is 53.2 Å². The second-order valence-corrected chi connectivity index (χ2v) is 6.77. The van der Waals surface area contributed by atoms with Crippen molar-refractivity contribution in [3.8, 4) is 0 Å². The topological polar surface area (TPSA) is 38.8 Å². The molecule has 0 aliphatic rings. The van der Waals surface area contributed by atoms with Gasteiger partial charge < -0.3 is 4.74 Å². The third-order valence-corrected chi connectivity index (χ3v) is 3.68. The monoisotopic (exact) mass is 299 g/mol. The molecule has 0 spiro atoms. The Labute approximate surface area is 130 Å². The van der Waals surface area contributed by atoms with Gasteiger partial charge >= 0.3 is 5.97 Å². The van der Waals surface area contributed by atoms with Crippen molar-refractivity contribution in [2.75, 3.05) is 13.2 Å². The summed E-state index contributed by atoms with van der Waals surface area (Å²) in [6, 6.07) is 0. The van der Waals surface area contributed by atoms with E-state index >= 15 is 0 Å². The predicted molar refractivity (Wildman–Crippen MR) is 86.9 cm³/mol. The minimum Gasteiger partial charge on any atom is -0.462 e. The average molecular weight is 299 g/mol. The van der Waals surface area contributed by atoms with Gasteiger partial charge in [0.25, 0.3) is 0 Å². The van der Waals surface area contributed by atoms with Crippen LogP contribution >= 0.6 is 0 Å². The highest BCUT2D eigenvalue weighted by molar-refractivity contribution is 5.86. The minimum absolute atomic E-state index is 0.0724. The molecule has 0 fully saturated rings. The molecule has 0 aromatic rings. The first-order valence-corrected chi connectivity index (χ1v) is 7.84. The van der Waals surface area contributed by atoms with Gasteiger partial charge in [0.05, 0.1) is 13.2 Å². The standard InChI is InChI=1S/C17H33NO3/c1-9-12-21-18(16(5,6)10-2)17(7,8)11-13-20-15(19)14(3)4/h3,9-13H2,1-2,4-8H3. The minimum atomic E-state index is -0.332. The summed E-state index contributed by atoms with van der Waals surface area (Å²) < 4.78 is 5.22. The van der Waals surface area contributed by atoms with E-state index in [1.54, 1.807) is 6.92 Å². The van der Waals surface area contributed by atoms with Gasteiger partial charge in [-0.1, -0.05) is 20.4 Å². The zero-order valence-electron chi connectivity index (χ0n) is 14.9. The molecule has 0 heterocycles. The Morgan fingerprint density at radius 2 is 1.67 bits per heavy atom. The van der Waals surface area contributed by atoms with Crippen LogP contribution in [-0.4, -0.2) is 35.3 Å². The summed E-state index contributed by atoms with van der Waals surface area (Å²) in [7, 11) is 0. The molecule has 0 unspecified atom stereocenters. The molecule has 0 aliphatic heterocycles. The molecule has 0 N–H and O–H groups in total. The fraction of sp³-hybridized carbons (Fsp3) is 0.824. The van der Waals surface area contributed by atoms with Gasteiger partial charge in [-0.2, -0.15) is 5.06 Å². The van der Waals surface area contributed by atoms with Crippen molar-refractivity contribution in [3.05, 3.63) is 12.2 Å². The molecular weight excluding hydrogens is 266 g/mol. The lowest BCUT2D eigenvalue weighted by atomic mass is 9.92. The Bertz CT molecular complexity index is 348. The van der Waals surface area contributed by atoms with Crippen LogP contribution in [0.1, 0.15) is 67.7 Å². The molecule has 0 saturated heterocycles. The fourth-order valence-electron chi connectivity index (χ4n) is 2.11. The molecule has 0 radical (unpaired) electrons. The third kappa shape index (κ3) is 6.62. The Hall–Kier alpha value is -0.870. The zero-order valence-corrected chi connectivity index (χ0v) is 14.9. The number of carbonyl (C=O) groups is 1. The summed E-state index contributed by atoms with van der Waals surface area (Å²) in [6.45, 7) is 19.1. The van der Waals surface area contributed by atoms with Gasteiger partial charge in [0.2, 0.25) is 0 Å². The van der Waals surface area contributed by atoms with Gasteiger partial charge in [0.15, 0.2) is 0 Å². The van der Waals surface area contributed by atoms with E-state index in [1.807, 2.05) is 0 Å². The van der Waals surface area contributed by atoms with Gasteiger partial charge in [0.1, 0.15) is 0 Å². The molecule has 0 aliphatic carbocycles. The van der Waals surface area contributed by atoms with E-state index in [-0.39, 0.29) is 17.0 Å². The quantitative estimate of drug-likeness (QED) is 0.346. The number of ether oxygens (including phenoxy) is 1. The van der Waals surface area contributed by atoms with Crippen molar-refractivity contribution < 1.29 is 14.4 Å². The molecule has 0 amide bonds. The van der Waals surface area contributed by atoms with Crippen molar-refractivity contribution in [1.29, 1.82) is 0 Å². The molecule has 0 rings (SSSR count). The van der Waals surface area contributed by atoms with E-state index in [0.717, 1.165) is 12.8 Å². The third-order valence-electron chi connectivity index (χ3n) is 3.68. The van der Waals surface area contributed by atoms with E-state index in [9.17, 15) is 4.79 Å². The van der Waals surface area contributed by atoms with Gasteiger partial charge in [-0.3, -0.25) is 4.84 Å². The van der Waals surface area contributed by atoms with Crippen LogP contribution in [-0.2, 0) is 14.4 Å². The summed E-state index contributed by atoms with van der Waals surface area (Å²) in [5.41, 5.74) is 0.141. The van der Waals surface area contributed by atoms with Gasteiger partial charge in [-0.15, -0.1) is 0 Å². The highest BCUT2D eigenvalue weighted by Gasteiger charge is 2.38. The van der Waals surface area contributed by atoms with Crippen molar-refractivity contribution in [2.24, 2.45) is 0 Å². The maximum absolute atomic E-state index is 11.5. The van der Waals surface area contributed by atoms with Crippen molar-refractivity contribution in [1.82, 2.24) is 5.06 Å². The number of hydroxylamine groups is 2. The Balaban J connectivity index is 4.77. The van der Waals surface area contributed by atoms with E-state index < -0.39 is 0 Å². The lowest BCUT2D eigenvalue weighted by molar-refractivity contribution is -0.269. The maximum atomic E-state index is 11.5. The van der Waals surface area contributed by atoms with Crippen LogP contribution in [0.4, 0.5) is 0 Å². The molecule has 4 nitrogen and oxygen atoms in total. The Morgan fingerprint density at radius 3 is 2.10 bits per heavy atom. The molecular formula is C17H33NO3. The lowest BCUT2D eigenvalue weighted by Crippen LogP contribution is -2.55. The molecule has 0 atom stereocenters. The highest BCUT2D eigenvalue weighted by Crippen LogP contribution is 2.30. The fourth-order valence-corrected chi connectivity index (χ4v) is 2.11. The van der Waals surface area contributed by atoms with Crippen molar-refractivity contribution in [2.45, 2.75) is 78.8 Å². The zero-order chi connectivity index (χ0) is 16.7. The lowest BCUT2D eigenvalue weighted by Gasteiger charge is -2.47. The summed E-state index contributed by atoms with van der Waals surface area (Å²) in [6.07, 6.45) is 2.65. The number of rotatable bonds is 10. The van der Waals surface area contributed by atoms with E-state index in [0.29, 0.717) is 25.2 Å². The van der Waals surface area contributed by atoms with E-state index in [1.165, 1.54) is 0 Å². The van der Waals surface area contributed by atoms with Crippen LogP contribution < -0.4 is 0 Å². The Kier molecular flexibility index (Phi) is 8.19. The molecule has 21 heavy (non-hydrogen) atoms. The Morgan fingerprint density at radius 1 is 1.10 bits per heavy atom. The number of hydrogen-bond donors (Lipinski definition) is 0. The molecule has 0 aromatic heterocycles. The number of nitrogens with zero attached hydrogens (tertiary/aromatic N) is 1. The smallest absolute Gasteiger partial charge is 0.333 e. The van der Waals surface area contributed by atoms with Crippen LogP contribution in [0.2, 0.25) is 0 Å². The summed E-state index contributed by atoms with van der Waals surface area (Å²) >= 11 is 0. The second-order valence-electron chi connectivity index (χ2n) is 6.77. The van der Waals surface area contributed by atoms with Crippen LogP contribution in [0.3, 0.4) is 0 Å². The maximum Gasteiger partial charge on any atom is 0.333 e. The highest BCUT2D eigenvalue weighted by atomic mass is 16.7. The van der Waals surface area contributed by atoms with E-state index in [4.69, 9.17) is 9.57 Å². The first-order valence-electron chi connectivity index (χ1n) is 7.84. The molecule has 0 aromatic carbocycles. The summed E-state index contributed by atoms with van der Waals surface area (Å²) in [5.74, 6) is -0.332. The SMILES string of the molecule is C=C(C)C(=O)OCCC(C)(C)N(OCCC)C(C)(C)CC. The molecule has 0 bridgehead atoms. The summed E-state index contributed by atoms with van der Waals surface area (Å²) in [4.78, 5) is 17.4. The molecule has 4 heteroatoms. The summed E-state index contributed by atoms with van der Waals surface area (Å²) in [5, 5.41) is 2.07. The number of esters is 1. The first-order chi connectivity index (χ1) is 9.58. The average Bonchev–Trinajstić information content (AvgIpc) is 2.38. The predicted octanol–water partition coefficient (Wildman–Crippen LogP) is 4.11. The van der Waals surface area contributed by atoms with Gasteiger partial charge in [-0.25, -0.2) is 4.79 Å². The number of hydrogen-bond acceptors (Lipinski definition) is 4. The van der Waals surface area contributed by atoms with Crippen molar-refractivity contribution >= 4 is 5.97 Å². The van der Waals surface area contributed by atoms with Crippen LogP contribution in [0.25, 0.3) is 0 Å². The van der Waals surface area contributed by atoms with Crippen LogP contribution in [0, 0.1) is 0 Å². The first kappa shape index (κ1) is 20.1. The molecule has 124 valence electrons. The largest absolute Gasteiger partial charge is 0.462 e. The van der Waals surface area contributed by atoms with Gasteiger partial charge in [0, 0.05) is 23.1 Å². The number of carbonyl (C=O) groups excluding carboxylic acids is 1. The van der Waals surface area contributed by atoms with Gasteiger partial charge in [-0.05, 0) is 47.5 Å². The molecule has 0 saturated carbocycles. The van der Waals surface area contributed by atoms with Crippen LogP contribution in [0.5, 0.6) is 0 Å². The van der Waals surface area contributed by atoms with Crippen molar-refractivity contribution in [3.63, 3.8) is 0 Å². The second kappa shape index (κ2) is 8.54.